The number of nitrogens with one attached hydrogen (secondary N) is 2. The Kier molecular flexibility index (Phi) is 5.66. The first-order valence-corrected chi connectivity index (χ1v) is 7.96. The molecule has 0 unspecified atom stereocenters. The second-order valence-corrected chi connectivity index (χ2v) is 6.23. The summed E-state index contributed by atoms with van der Waals surface area (Å²) in [5.41, 5.74) is 0.490. The Morgan fingerprint density at radius 3 is 2.45 bits per heavy atom. The summed E-state index contributed by atoms with van der Waals surface area (Å²) in [5, 5.41) is 6.33. The molecule has 0 spiro atoms. The van der Waals surface area contributed by atoms with Gasteiger partial charge in [0.2, 0.25) is 0 Å². The van der Waals surface area contributed by atoms with Gasteiger partial charge >= 0.3 is 6.03 Å². The molecule has 2 N–H and O–H groups in total. The molecule has 0 aliphatic carbocycles. The molecule has 120 valence electrons. The number of benzene rings is 1. The second-order valence-electron chi connectivity index (χ2n) is 5.82. The van der Waals surface area contributed by atoms with Crippen LogP contribution in [-0.2, 0) is 0 Å². The molecular formula is C16H22ClN3O2. The molecule has 0 bridgehead atoms. The van der Waals surface area contributed by atoms with Crippen LogP contribution in [0.15, 0.2) is 24.3 Å². The number of amides is 3. The van der Waals surface area contributed by atoms with Gasteiger partial charge in [0.15, 0.2) is 0 Å². The van der Waals surface area contributed by atoms with Crippen LogP contribution in [0.4, 0.5) is 4.79 Å². The lowest BCUT2D eigenvalue weighted by molar-refractivity contribution is 0.0918. The number of nitrogens with zero attached hydrogens (tertiary/aromatic N) is 1. The average molecular weight is 324 g/mol. The maximum absolute atomic E-state index is 12.2. The first kappa shape index (κ1) is 16.6. The summed E-state index contributed by atoms with van der Waals surface area (Å²) < 4.78 is 0. The van der Waals surface area contributed by atoms with Crippen molar-refractivity contribution in [3.05, 3.63) is 34.9 Å². The summed E-state index contributed by atoms with van der Waals surface area (Å²) in [6.07, 6.45) is 1.50. The summed E-state index contributed by atoms with van der Waals surface area (Å²) >= 11 is 6.03. The van der Waals surface area contributed by atoms with Gasteiger partial charge in [-0.05, 0) is 38.8 Å². The number of likely N-dealkylation sites (tertiary alicyclic amines) is 1. The summed E-state index contributed by atoms with van der Waals surface area (Å²) in [6, 6.07) is 7.17. The number of hydrogen-bond donors (Lipinski definition) is 2. The van der Waals surface area contributed by atoms with Crippen molar-refractivity contribution in [1.82, 2.24) is 15.5 Å². The third-order valence-electron chi connectivity index (χ3n) is 3.65. The Hall–Kier alpha value is -1.75. The molecular weight excluding hydrogens is 302 g/mol. The van der Waals surface area contributed by atoms with E-state index in [1.165, 1.54) is 0 Å². The van der Waals surface area contributed by atoms with Crippen molar-refractivity contribution in [2.45, 2.75) is 38.8 Å². The van der Waals surface area contributed by atoms with Crippen LogP contribution >= 0.6 is 11.6 Å². The van der Waals surface area contributed by atoms with Gasteiger partial charge in [-0.1, -0.05) is 23.7 Å². The van der Waals surface area contributed by atoms with Gasteiger partial charge in [0, 0.05) is 25.2 Å². The highest BCUT2D eigenvalue weighted by Crippen LogP contribution is 2.16. The largest absolute Gasteiger partial charge is 0.349 e. The van der Waals surface area contributed by atoms with Crippen molar-refractivity contribution < 1.29 is 9.59 Å². The number of halogens is 1. The minimum atomic E-state index is -0.157. The first-order chi connectivity index (χ1) is 10.5. The zero-order chi connectivity index (χ0) is 16.1. The molecule has 3 amide bonds. The van der Waals surface area contributed by atoms with E-state index < -0.39 is 0 Å². The van der Waals surface area contributed by atoms with E-state index in [9.17, 15) is 9.59 Å². The van der Waals surface area contributed by atoms with Crippen molar-refractivity contribution in [2.24, 2.45) is 0 Å². The molecule has 1 heterocycles. The lowest BCUT2D eigenvalue weighted by atomic mass is 10.0. The summed E-state index contributed by atoms with van der Waals surface area (Å²) in [4.78, 5) is 25.9. The summed E-state index contributed by atoms with van der Waals surface area (Å²) in [5.74, 6) is -0.157. The van der Waals surface area contributed by atoms with Crippen LogP contribution in [0, 0.1) is 0 Å². The predicted octanol–water partition coefficient (Wildman–Crippen LogP) is 2.65. The second kappa shape index (κ2) is 7.49. The Morgan fingerprint density at radius 2 is 1.86 bits per heavy atom. The quantitative estimate of drug-likeness (QED) is 0.898. The van der Waals surface area contributed by atoms with Gasteiger partial charge in [0.05, 0.1) is 10.6 Å². The number of rotatable bonds is 3. The molecule has 1 saturated heterocycles. The molecule has 1 aliphatic rings. The SMILES string of the molecule is CC(C)NC(=O)N1CCC(NC(=O)c2ccccc2Cl)CC1. The van der Waals surface area contributed by atoms with Gasteiger partial charge in [0.1, 0.15) is 0 Å². The number of piperidine rings is 1. The first-order valence-electron chi connectivity index (χ1n) is 7.58. The van der Waals surface area contributed by atoms with E-state index in [-0.39, 0.29) is 24.0 Å². The molecule has 6 heteroatoms. The van der Waals surface area contributed by atoms with E-state index in [2.05, 4.69) is 10.6 Å². The fourth-order valence-electron chi connectivity index (χ4n) is 2.47. The molecule has 1 aromatic rings. The maximum atomic E-state index is 12.2. The van der Waals surface area contributed by atoms with Crippen LogP contribution in [0.25, 0.3) is 0 Å². The van der Waals surface area contributed by atoms with Crippen LogP contribution in [0.5, 0.6) is 0 Å². The van der Waals surface area contributed by atoms with E-state index >= 15 is 0 Å². The fraction of sp³-hybridized carbons (Fsp3) is 0.500. The number of carbonyl (C=O) groups is 2. The van der Waals surface area contributed by atoms with Gasteiger partial charge in [0.25, 0.3) is 5.91 Å². The van der Waals surface area contributed by atoms with Gasteiger partial charge in [-0.25, -0.2) is 4.79 Å². The van der Waals surface area contributed by atoms with Crippen LogP contribution < -0.4 is 10.6 Å². The Bertz CT molecular complexity index is 540. The molecule has 0 saturated carbocycles. The van der Waals surface area contributed by atoms with E-state index in [1.54, 1.807) is 29.2 Å². The molecule has 1 fully saturated rings. The van der Waals surface area contributed by atoms with Crippen molar-refractivity contribution in [2.75, 3.05) is 13.1 Å². The van der Waals surface area contributed by atoms with Crippen molar-refractivity contribution >= 4 is 23.5 Å². The standard InChI is InChI=1S/C16H22ClN3O2/c1-11(2)18-16(22)20-9-7-12(8-10-20)19-15(21)13-5-3-4-6-14(13)17/h3-6,11-12H,7-10H2,1-2H3,(H,18,22)(H,19,21). The third-order valence-corrected chi connectivity index (χ3v) is 3.98. The van der Waals surface area contributed by atoms with Crippen LogP contribution in [0.2, 0.25) is 5.02 Å². The minimum absolute atomic E-state index is 0.0362. The van der Waals surface area contributed by atoms with Crippen LogP contribution in [0.1, 0.15) is 37.0 Å². The third kappa shape index (κ3) is 4.37. The molecule has 2 rings (SSSR count). The van der Waals surface area contributed by atoms with Crippen molar-refractivity contribution in [1.29, 1.82) is 0 Å². The molecule has 0 aromatic heterocycles. The van der Waals surface area contributed by atoms with E-state index in [1.807, 2.05) is 13.8 Å². The Balaban J connectivity index is 1.84. The highest BCUT2D eigenvalue weighted by molar-refractivity contribution is 6.33. The molecule has 5 nitrogen and oxygen atoms in total. The number of carbonyl (C=O) groups excluding carboxylic acids is 2. The normalized spacial score (nSPS) is 15.7. The average Bonchev–Trinajstić information content (AvgIpc) is 2.47. The van der Waals surface area contributed by atoms with Gasteiger partial charge in [-0.3, -0.25) is 4.79 Å². The van der Waals surface area contributed by atoms with Gasteiger partial charge in [-0.2, -0.15) is 0 Å². The number of hydrogen-bond acceptors (Lipinski definition) is 2. The zero-order valence-corrected chi connectivity index (χ0v) is 13.7. The molecule has 1 aliphatic heterocycles. The van der Waals surface area contributed by atoms with Crippen molar-refractivity contribution in [3.63, 3.8) is 0 Å². The topological polar surface area (TPSA) is 61.4 Å². The fourth-order valence-corrected chi connectivity index (χ4v) is 2.70. The predicted molar refractivity (Wildman–Crippen MR) is 87.2 cm³/mol. The monoisotopic (exact) mass is 323 g/mol. The zero-order valence-electron chi connectivity index (χ0n) is 12.9. The van der Waals surface area contributed by atoms with Crippen LogP contribution in [-0.4, -0.2) is 42.0 Å². The highest BCUT2D eigenvalue weighted by Gasteiger charge is 2.24. The van der Waals surface area contributed by atoms with Crippen molar-refractivity contribution in [3.8, 4) is 0 Å². The Labute approximate surface area is 136 Å². The Morgan fingerprint density at radius 1 is 1.23 bits per heavy atom. The molecule has 1 aromatic carbocycles. The number of urea groups is 1. The minimum Gasteiger partial charge on any atom is -0.349 e. The lowest BCUT2D eigenvalue weighted by Gasteiger charge is -2.33. The smallest absolute Gasteiger partial charge is 0.317 e. The summed E-state index contributed by atoms with van der Waals surface area (Å²) in [7, 11) is 0. The molecule has 22 heavy (non-hydrogen) atoms. The van der Waals surface area contributed by atoms with Gasteiger partial charge < -0.3 is 15.5 Å². The molecule has 0 radical (unpaired) electrons. The lowest BCUT2D eigenvalue weighted by Crippen LogP contribution is -2.50. The maximum Gasteiger partial charge on any atom is 0.317 e. The molecule has 0 atom stereocenters. The highest BCUT2D eigenvalue weighted by atomic mass is 35.5. The van der Waals surface area contributed by atoms with E-state index in [0.29, 0.717) is 23.7 Å². The van der Waals surface area contributed by atoms with Gasteiger partial charge in [-0.15, -0.1) is 0 Å². The van der Waals surface area contributed by atoms with Crippen LogP contribution in [0.3, 0.4) is 0 Å². The van der Waals surface area contributed by atoms with E-state index in [4.69, 9.17) is 11.6 Å². The summed E-state index contributed by atoms with van der Waals surface area (Å²) in [6.45, 7) is 5.17. The van der Waals surface area contributed by atoms with E-state index in [0.717, 1.165) is 12.8 Å².